The van der Waals surface area contributed by atoms with Crippen molar-refractivity contribution >= 4 is 28.6 Å². The number of nitrogens with zero attached hydrogens (tertiary/aromatic N) is 1. The van der Waals surface area contributed by atoms with E-state index < -0.39 is 12.1 Å². The Kier molecular flexibility index (Phi) is 3.88. The Labute approximate surface area is 107 Å². The summed E-state index contributed by atoms with van der Waals surface area (Å²) in [6, 6.07) is 3.95. The first-order valence-corrected chi connectivity index (χ1v) is 6.71. The van der Waals surface area contributed by atoms with Gasteiger partial charge in [-0.25, -0.2) is 9.78 Å². The van der Waals surface area contributed by atoms with Gasteiger partial charge in [-0.2, -0.15) is 0 Å². The summed E-state index contributed by atoms with van der Waals surface area (Å²) < 4.78 is 4.45. The number of methoxy groups -OCH3 is 1. The number of aliphatic hydroxyl groups is 1. The van der Waals surface area contributed by atoms with E-state index >= 15 is 0 Å². The first-order valence-electron chi connectivity index (χ1n) is 4.95. The molecular formula is C11H11NO3S2. The molecule has 2 heterocycles. The molecule has 0 fully saturated rings. The van der Waals surface area contributed by atoms with Crippen molar-refractivity contribution in [2.75, 3.05) is 7.11 Å². The first kappa shape index (κ1) is 12.2. The summed E-state index contributed by atoms with van der Waals surface area (Å²) in [7, 11) is 1.25. The van der Waals surface area contributed by atoms with Crippen LogP contribution in [0.4, 0.5) is 0 Å². The third-order valence-electron chi connectivity index (χ3n) is 2.16. The lowest BCUT2D eigenvalue weighted by Gasteiger charge is -2.05. The lowest BCUT2D eigenvalue weighted by Crippen LogP contribution is -2.24. The summed E-state index contributed by atoms with van der Waals surface area (Å²) in [5, 5.41) is 14.2. The van der Waals surface area contributed by atoms with Crippen LogP contribution in [0.25, 0.3) is 9.88 Å². The van der Waals surface area contributed by atoms with E-state index in [1.54, 1.807) is 11.3 Å². The van der Waals surface area contributed by atoms with E-state index in [9.17, 15) is 9.90 Å². The van der Waals surface area contributed by atoms with Gasteiger partial charge in [0.2, 0.25) is 0 Å². The van der Waals surface area contributed by atoms with Gasteiger partial charge in [0.05, 0.1) is 17.7 Å². The molecule has 4 nitrogen and oxygen atoms in total. The number of ether oxygens (including phenoxy) is 1. The SMILES string of the molecule is COC(=O)[C@@H](O)Cc1csc(-c2cccs2)n1. The minimum absolute atomic E-state index is 0.189. The number of esters is 1. The average molecular weight is 269 g/mol. The van der Waals surface area contributed by atoms with Gasteiger partial charge in [-0.05, 0) is 11.4 Å². The molecule has 0 saturated carbocycles. The molecule has 2 aromatic rings. The van der Waals surface area contributed by atoms with E-state index in [1.165, 1.54) is 18.4 Å². The zero-order valence-corrected chi connectivity index (χ0v) is 10.8. The minimum atomic E-state index is -1.14. The van der Waals surface area contributed by atoms with Gasteiger partial charge in [0, 0.05) is 11.8 Å². The van der Waals surface area contributed by atoms with Crippen LogP contribution in [0.3, 0.4) is 0 Å². The first-order chi connectivity index (χ1) is 8.20. The van der Waals surface area contributed by atoms with Crippen LogP contribution in [0.2, 0.25) is 0 Å². The van der Waals surface area contributed by atoms with Crippen molar-refractivity contribution in [2.45, 2.75) is 12.5 Å². The highest BCUT2D eigenvalue weighted by Crippen LogP contribution is 2.28. The van der Waals surface area contributed by atoms with Gasteiger partial charge in [0.25, 0.3) is 0 Å². The van der Waals surface area contributed by atoms with E-state index in [0.717, 1.165) is 9.88 Å². The lowest BCUT2D eigenvalue weighted by molar-refractivity contribution is -0.150. The molecule has 0 saturated heterocycles. The van der Waals surface area contributed by atoms with Crippen LogP contribution in [0.15, 0.2) is 22.9 Å². The number of thiazole rings is 1. The molecule has 1 atom stereocenters. The number of rotatable bonds is 4. The van der Waals surface area contributed by atoms with E-state index in [2.05, 4.69) is 9.72 Å². The molecule has 0 bridgehead atoms. The maximum atomic E-state index is 11.1. The van der Waals surface area contributed by atoms with Crippen molar-refractivity contribution in [3.8, 4) is 9.88 Å². The van der Waals surface area contributed by atoms with Gasteiger partial charge >= 0.3 is 5.97 Å². The van der Waals surface area contributed by atoms with E-state index in [-0.39, 0.29) is 6.42 Å². The van der Waals surface area contributed by atoms with E-state index in [1.807, 2.05) is 22.9 Å². The Balaban J connectivity index is 2.06. The van der Waals surface area contributed by atoms with E-state index in [4.69, 9.17) is 0 Å². The number of aliphatic hydroxyl groups excluding tert-OH is 1. The average Bonchev–Trinajstić information content (AvgIpc) is 2.97. The van der Waals surface area contributed by atoms with Crippen molar-refractivity contribution in [1.82, 2.24) is 4.98 Å². The van der Waals surface area contributed by atoms with Crippen LogP contribution in [0.1, 0.15) is 5.69 Å². The monoisotopic (exact) mass is 269 g/mol. The predicted molar refractivity (Wildman–Crippen MR) is 67.2 cm³/mol. The topological polar surface area (TPSA) is 59.4 Å². The summed E-state index contributed by atoms with van der Waals surface area (Å²) >= 11 is 3.12. The largest absolute Gasteiger partial charge is 0.467 e. The Morgan fingerprint density at radius 2 is 2.41 bits per heavy atom. The molecule has 0 aliphatic rings. The van der Waals surface area contributed by atoms with Crippen molar-refractivity contribution in [1.29, 1.82) is 0 Å². The standard InChI is InChI=1S/C11H11NO3S2/c1-15-11(14)8(13)5-7-6-17-10(12-7)9-3-2-4-16-9/h2-4,6,8,13H,5H2,1H3/t8-/m0/s1. The number of hydrogen-bond acceptors (Lipinski definition) is 6. The van der Waals surface area contributed by atoms with Gasteiger partial charge in [0.1, 0.15) is 5.01 Å². The van der Waals surface area contributed by atoms with Crippen molar-refractivity contribution in [3.63, 3.8) is 0 Å². The fourth-order valence-electron chi connectivity index (χ4n) is 1.33. The van der Waals surface area contributed by atoms with Crippen molar-refractivity contribution in [3.05, 3.63) is 28.6 Å². The summed E-state index contributed by atoms with van der Waals surface area (Å²) in [6.45, 7) is 0. The summed E-state index contributed by atoms with van der Waals surface area (Å²) in [4.78, 5) is 16.5. The second kappa shape index (κ2) is 5.39. The van der Waals surface area contributed by atoms with Gasteiger partial charge in [-0.3, -0.25) is 0 Å². The molecule has 0 aromatic carbocycles. The number of carbonyl (C=O) groups is 1. The van der Waals surface area contributed by atoms with Crippen molar-refractivity contribution in [2.24, 2.45) is 0 Å². The molecule has 0 aliphatic heterocycles. The second-order valence-corrected chi connectivity index (χ2v) is 5.17. The molecule has 2 aromatic heterocycles. The Morgan fingerprint density at radius 3 is 3.06 bits per heavy atom. The summed E-state index contributed by atoms with van der Waals surface area (Å²) in [5.41, 5.74) is 0.705. The molecule has 0 aliphatic carbocycles. The molecule has 0 amide bonds. The maximum Gasteiger partial charge on any atom is 0.335 e. The molecule has 0 unspecified atom stereocenters. The molecule has 6 heteroatoms. The zero-order valence-electron chi connectivity index (χ0n) is 9.12. The molecule has 0 spiro atoms. The normalized spacial score (nSPS) is 12.4. The van der Waals surface area contributed by atoms with E-state index in [0.29, 0.717) is 5.69 Å². The molecule has 2 rings (SSSR count). The van der Waals surface area contributed by atoms with Crippen LogP contribution >= 0.6 is 22.7 Å². The quantitative estimate of drug-likeness (QED) is 0.862. The third kappa shape index (κ3) is 2.91. The Bertz CT molecular complexity index is 493. The lowest BCUT2D eigenvalue weighted by atomic mass is 10.2. The fraction of sp³-hybridized carbons (Fsp3) is 0.273. The molecule has 1 N–H and O–H groups in total. The number of thiophene rings is 1. The van der Waals surface area contributed by atoms with Crippen LogP contribution < -0.4 is 0 Å². The zero-order chi connectivity index (χ0) is 12.3. The number of carbonyl (C=O) groups excluding carboxylic acids is 1. The highest BCUT2D eigenvalue weighted by atomic mass is 32.1. The molecule has 17 heavy (non-hydrogen) atoms. The summed E-state index contributed by atoms with van der Waals surface area (Å²) in [6.07, 6.45) is -0.951. The highest BCUT2D eigenvalue weighted by molar-refractivity contribution is 7.20. The van der Waals surface area contributed by atoms with Gasteiger partial charge < -0.3 is 9.84 Å². The number of aromatic nitrogens is 1. The molecule has 90 valence electrons. The summed E-state index contributed by atoms with van der Waals surface area (Å²) in [5.74, 6) is -0.629. The number of hydrogen-bond donors (Lipinski definition) is 1. The minimum Gasteiger partial charge on any atom is -0.467 e. The second-order valence-electron chi connectivity index (χ2n) is 3.36. The maximum absolute atomic E-state index is 11.1. The van der Waals surface area contributed by atoms with Crippen LogP contribution in [-0.4, -0.2) is 29.3 Å². The van der Waals surface area contributed by atoms with Crippen molar-refractivity contribution < 1.29 is 14.6 Å². The van der Waals surface area contributed by atoms with Gasteiger partial charge in [-0.15, -0.1) is 22.7 Å². The Hall–Kier alpha value is -1.24. The van der Waals surface area contributed by atoms with Gasteiger partial charge in [0.15, 0.2) is 6.10 Å². The predicted octanol–water partition coefficient (Wildman–Crippen LogP) is 1.95. The van der Waals surface area contributed by atoms with Crippen LogP contribution in [0.5, 0.6) is 0 Å². The molecule has 0 radical (unpaired) electrons. The Morgan fingerprint density at radius 1 is 1.59 bits per heavy atom. The fourth-order valence-corrected chi connectivity index (χ4v) is 2.98. The smallest absolute Gasteiger partial charge is 0.335 e. The molecular weight excluding hydrogens is 258 g/mol. The highest BCUT2D eigenvalue weighted by Gasteiger charge is 2.17. The third-order valence-corrected chi connectivity index (χ3v) is 4.09. The van der Waals surface area contributed by atoms with Gasteiger partial charge in [-0.1, -0.05) is 6.07 Å². The van der Waals surface area contributed by atoms with Crippen LogP contribution in [0, 0.1) is 0 Å². The van der Waals surface area contributed by atoms with Crippen LogP contribution in [-0.2, 0) is 16.0 Å².